The molecular weight excluding hydrogens is 496 g/mol. The van der Waals surface area contributed by atoms with E-state index in [9.17, 15) is 9.59 Å². The molecule has 1 aliphatic heterocycles. The summed E-state index contributed by atoms with van der Waals surface area (Å²) < 4.78 is 12.1. The Hall–Kier alpha value is -2.78. The van der Waals surface area contributed by atoms with Gasteiger partial charge in [0.1, 0.15) is 0 Å². The van der Waals surface area contributed by atoms with Crippen LogP contribution in [-0.4, -0.2) is 46.8 Å². The lowest BCUT2D eigenvalue weighted by Crippen LogP contribution is -2.28. The summed E-state index contributed by atoms with van der Waals surface area (Å²) in [6.07, 6.45) is 1.80. The van der Waals surface area contributed by atoms with Gasteiger partial charge in [0.2, 0.25) is 0 Å². The third-order valence-corrected chi connectivity index (χ3v) is 6.19. The van der Waals surface area contributed by atoms with E-state index in [1.54, 1.807) is 23.1 Å². The van der Waals surface area contributed by atoms with Gasteiger partial charge in [-0.15, -0.1) is 0 Å². The van der Waals surface area contributed by atoms with Gasteiger partial charge in [-0.05, 0) is 80.6 Å². The van der Waals surface area contributed by atoms with Gasteiger partial charge in [-0.3, -0.25) is 9.69 Å². The zero-order chi connectivity index (χ0) is 23.3. The average Bonchev–Trinajstić information content (AvgIpc) is 3.05. The summed E-state index contributed by atoms with van der Waals surface area (Å²) in [5.74, 6) is 0.107. The molecule has 0 aromatic heterocycles. The van der Waals surface area contributed by atoms with Crippen molar-refractivity contribution in [2.75, 3.05) is 19.8 Å². The molecule has 0 atom stereocenters. The molecule has 1 aliphatic rings. The maximum absolute atomic E-state index is 13.0. The highest BCUT2D eigenvalue weighted by atomic mass is 79.9. The number of amidine groups is 1. The van der Waals surface area contributed by atoms with Crippen LogP contribution in [0.4, 0.5) is 5.69 Å². The van der Waals surface area contributed by atoms with E-state index < -0.39 is 5.97 Å². The summed E-state index contributed by atoms with van der Waals surface area (Å²) >= 11 is 4.83. The molecule has 168 valence electrons. The first-order chi connectivity index (χ1) is 15.4. The van der Waals surface area contributed by atoms with Crippen LogP contribution in [0.5, 0.6) is 11.5 Å². The quantitative estimate of drug-likeness (QED) is 0.459. The molecule has 9 heteroatoms. The maximum Gasteiger partial charge on any atom is 0.335 e. The SMILES string of the molecule is CCOc1cc(Br)c(C=C2SC(=Nc3ccc(C(=O)O)cc3)N(CC)C2=O)cc1OCC. The number of carboxylic acid groups (broad SMARTS) is 1. The number of nitrogens with zero attached hydrogens (tertiary/aromatic N) is 2. The predicted octanol–water partition coefficient (Wildman–Crippen LogP) is 5.57. The van der Waals surface area contributed by atoms with E-state index in [4.69, 9.17) is 14.6 Å². The molecule has 1 N–H and O–H groups in total. The van der Waals surface area contributed by atoms with Gasteiger partial charge in [-0.25, -0.2) is 9.79 Å². The first-order valence-corrected chi connectivity index (χ1v) is 11.7. The first kappa shape index (κ1) is 23.9. The summed E-state index contributed by atoms with van der Waals surface area (Å²) in [5, 5.41) is 9.59. The van der Waals surface area contributed by atoms with Gasteiger partial charge in [0.05, 0.1) is 29.4 Å². The summed E-state index contributed by atoms with van der Waals surface area (Å²) in [6.45, 7) is 7.15. The minimum absolute atomic E-state index is 0.142. The largest absolute Gasteiger partial charge is 0.490 e. The number of rotatable bonds is 8. The third kappa shape index (κ3) is 5.34. The molecule has 0 saturated carbocycles. The van der Waals surface area contributed by atoms with E-state index in [-0.39, 0.29) is 11.5 Å². The van der Waals surface area contributed by atoms with Crippen LogP contribution in [0.3, 0.4) is 0 Å². The molecule has 0 aliphatic carbocycles. The highest BCUT2D eigenvalue weighted by Gasteiger charge is 2.32. The molecule has 0 unspecified atom stereocenters. The number of benzene rings is 2. The molecule has 2 aromatic rings. The number of halogens is 1. The fourth-order valence-corrected chi connectivity index (χ4v) is 4.49. The molecule has 0 radical (unpaired) electrons. The number of thioether (sulfide) groups is 1. The van der Waals surface area contributed by atoms with Crippen LogP contribution in [0.1, 0.15) is 36.7 Å². The van der Waals surface area contributed by atoms with E-state index in [0.29, 0.717) is 47.0 Å². The molecule has 2 aromatic carbocycles. The molecule has 32 heavy (non-hydrogen) atoms. The number of amides is 1. The molecule has 0 bridgehead atoms. The summed E-state index contributed by atoms with van der Waals surface area (Å²) in [4.78, 5) is 30.7. The maximum atomic E-state index is 13.0. The fraction of sp³-hybridized carbons (Fsp3) is 0.261. The van der Waals surface area contributed by atoms with Gasteiger partial charge >= 0.3 is 5.97 Å². The molecular formula is C23H23BrN2O5S. The van der Waals surface area contributed by atoms with E-state index in [0.717, 1.165) is 10.0 Å². The standard InChI is InChI=1S/C23H23BrN2O5S/c1-4-26-21(27)20(32-23(26)25-16-9-7-14(8-10-16)22(28)29)12-15-11-18(30-5-2)19(31-6-3)13-17(15)24/h7-13H,4-6H2,1-3H3,(H,28,29). The van der Waals surface area contributed by atoms with Crippen molar-refractivity contribution >= 4 is 56.5 Å². The van der Waals surface area contributed by atoms with Crippen LogP contribution in [-0.2, 0) is 4.79 Å². The van der Waals surface area contributed by atoms with Gasteiger partial charge in [-0.2, -0.15) is 0 Å². The van der Waals surface area contributed by atoms with Crippen molar-refractivity contribution in [3.63, 3.8) is 0 Å². The Morgan fingerprint density at radius 1 is 1.12 bits per heavy atom. The molecule has 1 amide bonds. The monoisotopic (exact) mass is 518 g/mol. The summed E-state index contributed by atoms with van der Waals surface area (Å²) in [6, 6.07) is 9.89. The third-order valence-electron chi connectivity index (χ3n) is 4.49. The zero-order valence-corrected chi connectivity index (χ0v) is 20.3. The van der Waals surface area contributed by atoms with Crippen molar-refractivity contribution in [2.24, 2.45) is 4.99 Å². The fourth-order valence-electron chi connectivity index (χ4n) is 3.00. The normalized spacial score (nSPS) is 16.1. The number of ether oxygens (including phenoxy) is 2. The van der Waals surface area contributed by atoms with Crippen LogP contribution in [0.25, 0.3) is 6.08 Å². The number of hydrogen-bond donors (Lipinski definition) is 1. The first-order valence-electron chi connectivity index (χ1n) is 10.1. The van der Waals surface area contributed by atoms with Crippen molar-refractivity contribution in [2.45, 2.75) is 20.8 Å². The van der Waals surface area contributed by atoms with Crippen LogP contribution >= 0.6 is 27.7 Å². The van der Waals surface area contributed by atoms with E-state index in [1.807, 2.05) is 32.9 Å². The van der Waals surface area contributed by atoms with Crippen molar-refractivity contribution < 1.29 is 24.2 Å². The zero-order valence-electron chi connectivity index (χ0n) is 17.9. The number of aromatic carboxylic acids is 1. The number of likely N-dealkylation sites (N-methyl/N-ethyl adjacent to an activating group) is 1. The Balaban J connectivity index is 1.94. The Bertz CT molecular complexity index is 1080. The summed E-state index contributed by atoms with van der Waals surface area (Å²) in [5.41, 5.74) is 1.55. The molecule has 1 fully saturated rings. The number of carboxylic acids is 1. The molecule has 3 rings (SSSR count). The lowest BCUT2D eigenvalue weighted by molar-refractivity contribution is -0.122. The second kappa shape index (κ2) is 10.7. The van der Waals surface area contributed by atoms with Gasteiger partial charge < -0.3 is 14.6 Å². The number of carbonyl (C=O) groups excluding carboxylic acids is 1. The Kier molecular flexibility index (Phi) is 7.98. The average molecular weight is 519 g/mol. The topological polar surface area (TPSA) is 88.4 Å². The lowest BCUT2D eigenvalue weighted by Gasteiger charge is -2.13. The van der Waals surface area contributed by atoms with E-state index in [1.165, 1.54) is 23.9 Å². The van der Waals surface area contributed by atoms with E-state index >= 15 is 0 Å². The van der Waals surface area contributed by atoms with Gasteiger partial charge in [0, 0.05) is 11.0 Å². The van der Waals surface area contributed by atoms with Gasteiger partial charge in [0.25, 0.3) is 5.91 Å². The molecule has 1 saturated heterocycles. The van der Waals surface area contributed by atoms with Crippen LogP contribution in [0.15, 0.2) is 50.8 Å². The number of hydrogen-bond acceptors (Lipinski definition) is 6. The Morgan fingerprint density at radius 3 is 2.31 bits per heavy atom. The van der Waals surface area contributed by atoms with Crippen LogP contribution in [0, 0.1) is 0 Å². The number of aliphatic imine (C=N–C) groups is 1. The number of carbonyl (C=O) groups is 2. The second-order valence-electron chi connectivity index (χ2n) is 6.59. The minimum Gasteiger partial charge on any atom is -0.490 e. The van der Waals surface area contributed by atoms with Crippen LogP contribution < -0.4 is 9.47 Å². The highest BCUT2D eigenvalue weighted by molar-refractivity contribution is 9.10. The Morgan fingerprint density at radius 2 is 1.75 bits per heavy atom. The Labute approximate surface area is 199 Å². The minimum atomic E-state index is -0.998. The second-order valence-corrected chi connectivity index (χ2v) is 8.46. The van der Waals surface area contributed by atoms with E-state index in [2.05, 4.69) is 20.9 Å². The van der Waals surface area contributed by atoms with Crippen molar-refractivity contribution in [1.29, 1.82) is 0 Å². The highest BCUT2D eigenvalue weighted by Crippen LogP contribution is 2.38. The van der Waals surface area contributed by atoms with Crippen molar-refractivity contribution in [3.8, 4) is 11.5 Å². The molecule has 0 spiro atoms. The smallest absolute Gasteiger partial charge is 0.335 e. The van der Waals surface area contributed by atoms with Crippen molar-refractivity contribution in [1.82, 2.24) is 4.90 Å². The van der Waals surface area contributed by atoms with Gasteiger partial charge in [-0.1, -0.05) is 15.9 Å². The lowest BCUT2D eigenvalue weighted by atomic mass is 10.2. The van der Waals surface area contributed by atoms with Gasteiger partial charge in [0.15, 0.2) is 16.7 Å². The van der Waals surface area contributed by atoms with Crippen LogP contribution in [0.2, 0.25) is 0 Å². The molecule has 7 nitrogen and oxygen atoms in total. The molecule has 1 heterocycles. The van der Waals surface area contributed by atoms with Crippen molar-refractivity contribution in [3.05, 3.63) is 56.9 Å². The summed E-state index contributed by atoms with van der Waals surface area (Å²) in [7, 11) is 0. The predicted molar refractivity (Wildman–Crippen MR) is 130 cm³/mol.